The number of anilines is 1. The number of sulfonamides is 1. The number of amides is 1. The summed E-state index contributed by atoms with van der Waals surface area (Å²) in [5, 5.41) is 2.77. The first-order valence-electron chi connectivity index (χ1n) is 8.90. The van der Waals surface area contributed by atoms with Crippen LogP contribution in [0.2, 0.25) is 0 Å². The van der Waals surface area contributed by atoms with Gasteiger partial charge in [-0.15, -0.1) is 0 Å². The second-order valence-electron chi connectivity index (χ2n) is 6.37. The van der Waals surface area contributed by atoms with E-state index in [9.17, 15) is 18.0 Å². The Balaban J connectivity index is 2.00. The van der Waals surface area contributed by atoms with Crippen LogP contribution in [-0.4, -0.2) is 56.3 Å². The molecule has 1 fully saturated rings. The Morgan fingerprint density at radius 3 is 2.59 bits per heavy atom. The topological polar surface area (TPSA) is 92.8 Å². The number of nitrogens with zero attached hydrogens (tertiary/aromatic N) is 1. The van der Waals surface area contributed by atoms with Crippen molar-refractivity contribution >= 4 is 39.3 Å². The lowest BCUT2D eigenvalue weighted by atomic mass is 10.2. The van der Waals surface area contributed by atoms with Gasteiger partial charge in [0.25, 0.3) is 0 Å². The molecule has 1 N–H and O–H groups in total. The zero-order chi connectivity index (χ0) is 19.9. The summed E-state index contributed by atoms with van der Waals surface area (Å²) in [6.07, 6.45) is 3.04. The van der Waals surface area contributed by atoms with Crippen LogP contribution in [0.5, 0.6) is 0 Å². The normalized spacial score (nSPS) is 15.3. The molecule has 0 bridgehead atoms. The van der Waals surface area contributed by atoms with Crippen LogP contribution in [0.3, 0.4) is 0 Å². The fraction of sp³-hybridized carbons (Fsp3) is 0.556. The highest BCUT2D eigenvalue weighted by molar-refractivity contribution is 7.99. The van der Waals surface area contributed by atoms with Crippen molar-refractivity contribution in [2.75, 3.05) is 37.0 Å². The molecule has 0 aromatic heterocycles. The molecule has 150 valence electrons. The molecule has 1 aromatic carbocycles. The standard InChI is InChI=1S/C18H26N2O5S2/c1-14-6-7-15(27(23,24)20-9-4-3-5-10-20)12-16(14)19-17(21)13-26-11-8-18(22)25-2/h6-7,12H,3-5,8-11,13H2,1-2H3,(H,19,21). The van der Waals surface area contributed by atoms with Gasteiger partial charge in [-0.3, -0.25) is 9.59 Å². The van der Waals surface area contributed by atoms with Gasteiger partial charge in [-0.2, -0.15) is 16.1 Å². The highest BCUT2D eigenvalue weighted by Crippen LogP contribution is 2.25. The van der Waals surface area contributed by atoms with Gasteiger partial charge in [0.05, 0.1) is 24.2 Å². The molecule has 0 aliphatic carbocycles. The second kappa shape index (κ2) is 10.1. The summed E-state index contributed by atoms with van der Waals surface area (Å²) in [7, 11) is -2.22. The molecule has 1 heterocycles. The highest BCUT2D eigenvalue weighted by Gasteiger charge is 2.26. The van der Waals surface area contributed by atoms with E-state index in [2.05, 4.69) is 10.1 Å². The number of ether oxygens (including phenoxy) is 1. The largest absolute Gasteiger partial charge is 0.469 e. The second-order valence-corrected chi connectivity index (χ2v) is 9.41. The Morgan fingerprint density at radius 2 is 1.93 bits per heavy atom. The average molecular weight is 415 g/mol. The number of benzene rings is 1. The number of rotatable bonds is 8. The smallest absolute Gasteiger partial charge is 0.306 e. The Kier molecular flexibility index (Phi) is 8.12. The van der Waals surface area contributed by atoms with Crippen molar-refractivity contribution < 1.29 is 22.7 Å². The van der Waals surface area contributed by atoms with Gasteiger partial charge in [-0.05, 0) is 37.5 Å². The monoisotopic (exact) mass is 414 g/mol. The number of carbonyl (C=O) groups excluding carboxylic acids is 2. The van der Waals surface area contributed by atoms with E-state index in [4.69, 9.17) is 0 Å². The van der Waals surface area contributed by atoms with Crippen molar-refractivity contribution in [1.29, 1.82) is 0 Å². The average Bonchev–Trinajstić information content (AvgIpc) is 2.67. The molecule has 0 saturated carbocycles. The van der Waals surface area contributed by atoms with Crippen LogP contribution in [0.1, 0.15) is 31.2 Å². The summed E-state index contributed by atoms with van der Waals surface area (Å²) in [6.45, 7) is 2.89. The maximum atomic E-state index is 12.8. The number of aryl methyl sites for hydroxylation is 1. The van der Waals surface area contributed by atoms with Gasteiger partial charge in [0, 0.05) is 24.5 Å². The Morgan fingerprint density at radius 1 is 1.22 bits per heavy atom. The SMILES string of the molecule is COC(=O)CCSCC(=O)Nc1cc(S(=O)(=O)N2CCCCC2)ccc1C. The zero-order valence-corrected chi connectivity index (χ0v) is 17.3. The number of hydrogen-bond acceptors (Lipinski definition) is 6. The lowest BCUT2D eigenvalue weighted by Gasteiger charge is -2.26. The first kappa shape index (κ1) is 21.7. The van der Waals surface area contributed by atoms with E-state index in [0.29, 0.717) is 24.5 Å². The first-order chi connectivity index (χ1) is 12.8. The Labute approximate surface area is 164 Å². The molecule has 1 amide bonds. The number of esters is 1. The van der Waals surface area contributed by atoms with E-state index in [0.717, 1.165) is 24.8 Å². The van der Waals surface area contributed by atoms with Crippen LogP contribution in [0.15, 0.2) is 23.1 Å². The molecule has 0 radical (unpaired) electrons. The minimum absolute atomic E-state index is 0.180. The first-order valence-corrected chi connectivity index (χ1v) is 11.5. The Bertz CT molecular complexity index is 774. The predicted octanol–water partition coefficient (Wildman–Crippen LogP) is 2.40. The molecule has 1 saturated heterocycles. The van der Waals surface area contributed by atoms with Crippen LogP contribution in [0.25, 0.3) is 0 Å². The number of hydrogen-bond donors (Lipinski definition) is 1. The van der Waals surface area contributed by atoms with Crippen molar-refractivity contribution in [1.82, 2.24) is 4.31 Å². The van der Waals surface area contributed by atoms with Crippen molar-refractivity contribution in [2.45, 2.75) is 37.5 Å². The number of methoxy groups -OCH3 is 1. The van der Waals surface area contributed by atoms with Crippen LogP contribution in [-0.2, 0) is 24.3 Å². The number of piperidine rings is 1. The van der Waals surface area contributed by atoms with E-state index in [1.807, 2.05) is 6.92 Å². The third kappa shape index (κ3) is 6.22. The molecule has 1 aliphatic rings. The van der Waals surface area contributed by atoms with E-state index in [1.54, 1.807) is 12.1 Å². The number of nitrogens with one attached hydrogen (secondary N) is 1. The molecule has 0 spiro atoms. The van der Waals surface area contributed by atoms with Crippen LogP contribution < -0.4 is 5.32 Å². The van der Waals surface area contributed by atoms with E-state index >= 15 is 0 Å². The Hall–Kier alpha value is -1.58. The van der Waals surface area contributed by atoms with E-state index in [-0.39, 0.29) is 28.9 Å². The molecule has 2 rings (SSSR count). The van der Waals surface area contributed by atoms with Crippen molar-refractivity contribution in [2.24, 2.45) is 0 Å². The molecular weight excluding hydrogens is 388 g/mol. The van der Waals surface area contributed by atoms with Gasteiger partial charge in [-0.1, -0.05) is 12.5 Å². The van der Waals surface area contributed by atoms with Gasteiger partial charge in [-0.25, -0.2) is 8.42 Å². The molecule has 0 unspecified atom stereocenters. The predicted molar refractivity (Wildman–Crippen MR) is 106 cm³/mol. The van der Waals surface area contributed by atoms with Crippen LogP contribution in [0, 0.1) is 6.92 Å². The number of carbonyl (C=O) groups is 2. The molecular formula is C18H26N2O5S2. The fourth-order valence-electron chi connectivity index (χ4n) is 2.76. The summed E-state index contributed by atoms with van der Waals surface area (Å²) >= 11 is 1.32. The van der Waals surface area contributed by atoms with Gasteiger partial charge in [0.2, 0.25) is 15.9 Å². The lowest BCUT2D eigenvalue weighted by molar-refractivity contribution is -0.140. The van der Waals surface area contributed by atoms with E-state index < -0.39 is 10.0 Å². The summed E-state index contributed by atoms with van der Waals surface area (Å²) in [6, 6.07) is 4.81. The van der Waals surface area contributed by atoms with Gasteiger partial charge < -0.3 is 10.1 Å². The molecule has 1 aliphatic heterocycles. The minimum atomic E-state index is -3.55. The van der Waals surface area contributed by atoms with Crippen molar-refractivity contribution in [3.8, 4) is 0 Å². The minimum Gasteiger partial charge on any atom is -0.469 e. The van der Waals surface area contributed by atoms with E-state index in [1.165, 1.54) is 29.2 Å². The molecule has 7 nitrogen and oxygen atoms in total. The van der Waals surface area contributed by atoms with Gasteiger partial charge in [0.1, 0.15) is 0 Å². The van der Waals surface area contributed by atoms with Crippen LogP contribution >= 0.6 is 11.8 Å². The van der Waals surface area contributed by atoms with Crippen molar-refractivity contribution in [3.05, 3.63) is 23.8 Å². The maximum Gasteiger partial charge on any atom is 0.306 e. The van der Waals surface area contributed by atoms with Gasteiger partial charge in [0.15, 0.2) is 0 Å². The molecule has 0 atom stereocenters. The molecule has 1 aromatic rings. The zero-order valence-electron chi connectivity index (χ0n) is 15.7. The third-order valence-electron chi connectivity index (χ3n) is 4.35. The van der Waals surface area contributed by atoms with Gasteiger partial charge >= 0.3 is 5.97 Å². The molecule has 9 heteroatoms. The summed E-state index contributed by atoms with van der Waals surface area (Å²) in [5.41, 5.74) is 1.28. The summed E-state index contributed by atoms with van der Waals surface area (Å²) in [4.78, 5) is 23.4. The summed E-state index contributed by atoms with van der Waals surface area (Å²) < 4.78 is 31.7. The quantitative estimate of drug-likeness (QED) is 0.519. The molecule has 27 heavy (non-hydrogen) atoms. The third-order valence-corrected chi connectivity index (χ3v) is 7.20. The fourth-order valence-corrected chi connectivity index (χ4v) is 5.02. The highest BCUT2D eigenvalue weighted by atomic mass is 32.2. The maximum absolute atomic E-state index is 12.8. The van der Waals surface area contributed by atoms with Crippen molar-refractivity contribution in [3.63, 3.8) is 0 Å². The van der Waals surface area contributed by atoms with Crippen LogP contribution in [0.4, 0.5) is 5.69 Å². The lowest BCUT2D eigenvalue weighted by Crippen LogP contribution is -2.35. The number of thioether (sulfide) groups is 1. The summed E-state index contributed by atoms with van der Waals surface area (Å²) in [5.74, 6) is 0.122.